The lowest BCUT2D eigenvalue weighted by atomic mass is 10.2. The molecule has 110 valence electrons. The van der Waals surface area contributed by atoms with E-state index in [1.54, 1.807) is 6.92 Å². The van der Waals surface area contributed by atoms with Crippen molar-refractivity contribution < 1.29 is 18.7 Å². The van der Waals surface area contributed by atoms with Crippen LogP contribution in [0.25, 0.3) is 0 Å². The second kappa shape index (κ2) is 7.68. The Bertz CT molecular complexity index is 511. The van der Waals surface area contributed by atoms with Gasteiger partial charge in [-0.05, 0) is 28.9 Å². The Labute approximate surface area is 124 Å². The maximum Gasteiger partial charge on any atom is 0.321 e. The van der Waals surface area contributed by atoms with Gasteiger partial charge in [-0.3, -0.25) is 10.1 Å². The Morgan fingerprint density at radius 2 is 2.10 bits per heavy atom. The normalized spacial score (nSPS) is 9.80. The molecule has 8 heteroatoms. The Hall–Kier alpha value is -1.83. The highest BCUT2D eigenvalue weighted by Gasteiger charge is 2.12. The molecule has 0 saturated carbocycles. The first-order valence-corrected chi connectivity index (χ1v) is 6.64. The van der Waals surface area contributed by atoms with E-state index >= 15 is 0 Å². The number of hydrogen-bond acceptors (Lipinski definition) is 4. The van der Waals surface area contributed by atoms with Crippen molar-refractivity contribution in [1.82, 2.24) is 10.6 Å². The highest BCUT2D eigenvalue weighted by molar-refractivity contribution is 9.10. The highest BCUT2D eigenvalue weighted by atomic mass is 79.9. The number of hydrogen-bond donors (Lipinski definition) is 3. The highest BCUT2D eigenvalue weighted by Crippen LogP contribution is 2.34. The van der Waals surface area contributed by atoms with E-state index in [-0.39, 0.29) is 6.54 Å². The van der Waals surface area contributed by atoms with Crippen LogP contribution < -0.4 is 20.7 Å². The molecule has 20 heavy (non-hydrogen) atoms. The van der Waals surface area contributed by atoms with Crippen LogP contribution in [0.1, 0.15) is 6.92 Å². The molecule has 0 aliphatic heterocycles. The van der Waals surface area contributed by atoms with E-state index < -0.39 is 17.8 Å². The van der Waals surface area contributed by atoms with Crippen LogP contribution >= 0.6 is 15.9 Å². The van der Waals surface area contributed by atoms with Crippen LogP contribution in [0.2, 0.25) is 0 Å². The number of benzene rings is 1. The van der Waals surface area contributed by atoms with E-state index in [9.17, 15) is 14.0 Å². The molecule has 0 bridgehead atoms. The van der Waals surface area contributed by atoms with E-state index in [4.69, 9.17) is 4.74 Å². The zero-order chi connectivity index (χ0) is 15.1. The number of anilines is 1. The molecule has 0 aromatic heterocycles. The standard InChI is InChI=1S/C12H15BrFN3O3/c1-3-20-11-8(13)4-7(14)5-9(11)16-6-10(18)17-12(19)15-2/h4-5,16H,3,6H2,1-2H3,(H2,15,17,18,19). The minimum absolute atomic E-state index is 0.191. The van der Waals surface area contributed by atoms with Crippen molar-refractivity contribution in [3.05, 3.63) is 22.4 Å². The van der Waals surface area contributed by atoms with Crippen LogP contribution in [0.3, 0.4) is 0 Å². The van der Waals surface area contributed by atoms with E-state index in [1.165, 1.54) is 19.2 Å². The number of imide groups is 1. The van der Waals surface area contributed by atoms with E-state index in [1.807, 2.05) is 0 Å². The third-order valence-electron chi connectivity index (χ3n) is 2.22. The molecule has 3 amide bonds. The van der Waals surface area contributed by atoms with Gasteiger partial charge < -0.3 is 15.4 Å². The average Bonchev–Trinajstić information content (AvgIpc) is 2.39. The van der Waals surface area contributed by atoms with Crippen molar-refractivity contribution in [1.29, 1.82) is 0 Å². The Morgan fingerprint density at radius 1 is 1.40 bits per heavy atom. The summed E-state index contributed by atoms with van der Waals surface area (Å²) in [7, 11) is 1.40. The molecule has 0 fully saturated rings. The number of urea groups is 1. The fourth-order valence-corrected chi connectivity index (χ4v) is 1.94. The van der Waals surface area contributed by atoms with Crippen molar-refractivity contribution in [3.63, 3.8) is 0 Å². The summed E-state index contributed by atoms with van der Waals surface area (Å²) < 4.78 is 19.2. The van der Waals surface area contributed by atoms with Crippen LogP contribution in [0, 0.1) is 5.82 Å². The molecule has 3 N–H and O–H groups in total. The quantitative estimate of drug-likeness (QED) is 0.759. The Balaban J connectivity index is 2.76. The molecular formula is C12H15BrFN3O3. The van der Waals surface area contributed by atoms with E-state index in [0.29, 0.717) is 22.5 Å². The van der Waals surface area contributed by atoms with Gasteiger partial charge in [0, 0.05) is 13.1 Å². The first-order valence-electron chi connectivity index (χ1n) is 5.85. The summed E-state index contributed by atoms with van der Waals surface area (Å²) in [4.78, 5) is 22.4. The third kappa shape index (κ3) is 4.69. The van der Waals surface area contributed by atoms with Crippen LogP contribution in [0.4, 0.5) is 14.9 Å². The summed E-state index contributed by atoms with van der Waals surface area (Å²) >= 11 is 3.19. The number of halogens is 2. The minimum Gasteiger partial charge on any atom is -0.491 e. The van der Waals surface area contributed by atoms with E-state index in [2.05, 4.69) is 31.9 Å². The van der Waals surface area contributed by atoms with Crippen molar-refractivity contribution in [2.75, 3.05) is 25.5 Å². The lowest BCUT2D eigenvalue weighted by Gasteiger charge is -2.14. The number of nitrogens with one attached hydrogen (secondary N) is 3. The van der Waals surface area contributed by atoms with Gasteiger partial charge in [0.05, 0.1) is 23.3 Å². The number of rotatable bonds is 5. The first kappa shape index (κ1) is 16.2. The van der Waals surface area contributed by atoms with Gasteiger partial charge >= 0.3 is 6.03 Å². The van der Waals surface area contributed by atoms with Gasteiger partial charge in [0.25, 0.3) is 0 Å². The van der Waals surface area contributed by atoms with Crippen LogP contribution in [0.5, 0.6) is 5.75 Å². The van der Waals surface area contributed by atoms with Gasteiger partial charge in [0.2, 0.25) is 5.91 Å². The topological polar surface area (TPSA) is 79.5 Å². The third-order valence-corrected chi connectivity index (χ3v) is 2.81. The zero-order valence-corrected chi connectivity index (χ0v) is 12.6. The maximum absolute atomic E-state index is 13.3. The van der Waals surface area contributed by atoms with Gasteiger partial charge in [-0.2, -0.15) is 0 Å². The van der Waals surface area contributed by atoms with Crippen LogP contribution in [-0.2, 0) is 4.79 Å². The Kier molecular flexibility index (Phi) is 6.23. The van der Waals surface area contributed by atoms with Gasteiger partial charge in [-0.1, -0.05) is 0 Å². The smallest absolute Gasteiger partial charge is 0.321 e. The molecule has 1 rings (SSSR count). The fraction of sp³-hybridized carbons (Fsp3) is 0.333. The molecule has 1 aromatic carbocycles. The van der Waals surface area contributed by atoms with Gasteiger partial charge in [0.15, 0.2) is 5.75 Å². The number of ether oxygens (including phenoxy) is 1. The van der Waals surface area contributed by atoms with Crippen LogP contribution in [-0.4, -0.2) is 32.1 Å². The molecular weight excluding hydrogens is 333 g/mol. The SMILES string of the molecule is CCOc1c(Br)cc(F)cc1NCC(=O)NC(=O)NC. The summed E-state index contributed by atoms with van der Waals surface area (Å²) in [6.45, 7) is 1.99. The predicted molar refractivity (Wildman–Crippen MR) is 76.4 cm³/mol. The van der Waals surface area contributed by atoms with Gasteiger partial charge in [-0.25, -0.2) is 9.18 Å². The second-order valence-corrected chi connectivity index (χ2v) is 4.53. The Morgan fingerprint density at radius 3 is 2.70 bits per heavy atom. The van der Waals surface area contributed by atoms with Crippen molar-refractivity contribution in [3.8, 4) is 5.75 Å². The fourth-order valence-electron chi connectivity index (χ4n) is 1.39. The minimum atomic E-state index is -0.609. The predicted octanol–water partition coefficient (Wildman–Crippen LogP) is 1.85. The number of carbonyl (C=O) groups excluding carboxylic acids is 2. The average molecular weight is 348 g/mol. The molecule has 6 nitrogen and oxygen atoms in total. The molecule has 0 unspecified atom stereocenters. The molecule has 0 aliphatic carbocycles. The molecule has 0 spiro atoms. The molecule has 1 aromatic rings. The second-order valence-electron chi connectivity index (χ2n) is 3.68. The molecule has 0 radical (unpaired) electrons. The van der Waals surface area contributed by atoms with Gasteiger partial charge in [0.1, 0.15) is 5.82 Å². The van der Waals surface area contributed by atoms with Gasteiger partial charge in [-0.15, -0.1) is 0 Å². The summed E-state index contributed by atoms with van der Waals surface area (Å²) in [6.07, 6.45) is 0. The van der Waals surface area contributed by atoms with Crippen LogP contribution in [0.15, 0.2) is 16.6 Å². The van der Waals surface area contributed by atoms with Crippen molar-refractivity contribution in [2.24, 2.45) is 0 Å². The lowest BCUT2D eigenvalue weighted by molar-refractivity contribution is -0.118. The number of carbonyl (C=O) groups is 2. The zero-order valence-electron chi connectivity index (χ0n) is 11.0. The summed E-state index contributed by atoms with van der Waals surface area (Å²) in [6, 6.07) is 1.87. The summed E-state index contributed by atoms with van der Waals surface area (Å²) in [5.41, 5.74) is 0.325. The first-order chi connectivity index (χ1) is 9.47. The summed E-state index contributed by atoms with van der Waals surface area (Å²) in [5.74, 6) is -0.622. The summed E-state index contributed by atoms with van der Waals surface area (Å²) in [5, 5.41) is 7.06. The monoisotopic (exact) mass is 347 g/mol. The lowest BCUT2D eigenvalue weighted by Crippen LogP contribution is -2.40. The number of amides is 3. The van der Waals surface area contributed by atoms with Crippen molar-refractivity contribution in [2.45, 2.75) is 6.92 Å². The molecule has 0 aliphatic rings. The molecule has 0 heterocycles. The molecule has 0 atom stereocenters. The maximum atomic E-state index is 13.3. The largest absolute Gasteiger partial charge is 0.491 e. The van der Waals surface area contributed by atoms with Crippen molar-refractivity contribution >= 4 is 33.6 Å². The molecule has 0 saturated heterocycles. The van der Waals surface area contributed by atoms with E-state index in [0.717, 1.165) is 0 Å².